The third kappa shape index (κ3) is 14.9. The summed E-state index contributed by atoms with van der Waals surface area (Å²) in [6.45, 7) is 2.00. The van der Waals surface area contributed by atoms with E-state index in [1.165, 1.54) is 0 Å². The van der Waals surface area contributed by atoms with Gasteiger partial charge in [0.1, 0.15) is 17.9 Å². The van der Waals surface area contributed by atoms with E-state index >= 15 is 0 Å². The summed E-state index contributed by atoms with van der Waals surface area (Å²) in [5.41, 5.74) is 1.80. The average molecular weight is 609 g/mol. The second-order valence-electron chi connectivity index (χ2n) is 11.1. The molecule has 0 aliphatic rings. The van der Waals surface area contributed by atoms with Crippen LogP contribution in [0.1, 0.15) is 75.8 Å². The van der Waals surface area contributed by atoms with Crippen LogP contribution in [-0.4, -0.2) is 66.3 Å². The lowest BCUT2D eigenvalue weighted by Crippen LogP contribution is -2.56. The lowest BCUT2D eigenvalue weighted by molar-refractivity contribution is -0.142. The lowest BCUT2D eigenvalue weighted by Gasteiger charge is -2.24. The molecule has 0 radical (unpaired) electrons. The highest BCUT2D eigenvalue weighted by Gasteiger charge is 2.28. The van der Waals surface area contributed by atoms with E-state index in [1.54, 1.807) is 14.0 Å². The molecule has 5 N–H and O–H groups in total. The van der Waals surface area contributed by atoms with Crippen LogP contribution in [0.15, 0.2) is 60.7 Å². The number of likely N-dealkylation sites (N-methyl/N-ethyl adjacent to an activating group) is 1. The van der Waals surface area contributed by atoms with Crippen LogP contribution in [0.5, 0.6) is 0 Å². The molecule has 240 valence electrons. The SMILES string of the molecule is CNC(Cc1ccccc1)C(=O)NC(Cc1ccccc1)C(=O)NC(CCCCNC(=O)CCCCCCC(C)=O)C(=O)O. The van der Waals surface area contributed by atoms with Crippen LogP contribution in [-0.2, 0) is 36.8 Å². The van der Waals surface area contributed by atoms with E-state index < -0.39 is 30.0 Å². The molecule has 0 aromatic heterocycles. The molecule has 0 bridgehead atoms. The van der Waals surface area contributed by atoms with Crippen molar-refractivity contribution in [3.63, 3.8) is 0 Å². The molecular formula is C34H48N4O6. The Hall–Kier alpha value is -4.05. The second kappa shape index (κ2) is 20.8. The zero-order valence-corrected chi connectivity index (χ0v) is 26.0. The van der Waals surface area contributed by atoms with Gasteiger partial charge in [0.15, 0.2) is 0 Å². The Bertz CT molecular complexity index is 1170. The first kappa shape index (κ1) is 36.1. The largest absolute Gasteiger partial charge is 0.480 e. The predicted octanol–water partition coefficient (Wildman–Crippen LogP) is 3.33. The molecule has 0 fully saturated rings. The topological polar surface area (TPSA) is 154 Å². The maximum atomic E-state index is 13.4. The Morgan fingerprint density at radius 1 is 0.659 bits per heavy atom. The number of unbranched alkanes of at least 4 members (excludes halogenated alkanes) is 4. The van der Waals surface area contributed by atoms with Crippen molar-refractivity contribution >= 4 is 29.5 Å². The zero-order chi connectivity index (χ0) is 32.2. The molecule has 0 saturated heterocycles. The molecule has 3 unspecified atom stereocenters. The van der Waals surface area contributed by atoms with Gasteiger partial charge in [0.2, 0.25) is 17.7 Å². The number of hydrogen-bond acceptors (Lipinski definition) is 6. The highest BCUT2D eigenvalue weighted by molar-refractivity contribution is 5.92. The Balaban J connectivity index is 1.87. The summed E-state index contributed by atoms with van der Waals surface area (Å²) in [6.07, 6.45) is 6.31. The summed E-state index contributed by atoms with van der Waals surface area (Å²) in [6, 6.07) is 16.1. The van der Waals surface area contributed by atoms with Gasteiger partial charge in [-0.25, -0.2) is 4.79 Å². The van der Waals surface area contributed by atoms with Gasteiger partial charge in [0.05, 0.1) is 6.04 Å². The van der Waals surface area contributed by atoms with Crippen molar-refractivity contribution in [2.45, 2.75) is 95.7 Å². The third-order valence-corrected chi connectivity index (χ3v) is 7.40. The van der Waals surface area contributed by atoms with Crippen molar-refractivity contribution in [2.75, 3.05) is 13.6 Å². The van der Waals surface area contributed by atoms with Gasteiger partial charge in [-0.05, 0) is 63.6 Å². The monoisotopic (exact) mass is 608 g/mol. The van der Waals surface area contributed by atoms with Gasteiger partial charge in [-0.3, -0.25) is 14.4 Å². The van der Waals surface area contributed by atoms with Crippen LogP contribution in [0.2, 0.25) is 0 Å². The summed E-state index contributed by atoms with van der Waals surface area (Å²) >= 11 is 0. The normalized spacial score (nSPS) is 12.9. The number of carboxylic acids is 1. The molecule has 10 heteroatoms. The highest BCUT2D eigenvalue weighted by atomic mass is 16.4. The van der Waals surface area contributed by atoms with Crippen molar-refractivity contribution in [2.24, 2.45) is 0 Å². The molecule has 0 saturated carbocycles. The van der Waals surface area contributed by atoms with Crippen LogP contribution < -0.4 is 21.3 Å². The van der Waals surface area contributed by atoms with E-state index in [2.05, 4.69) is 21.3 Å². The van der Waals surface area contributed by atoms with E-state index in [-0.39, 0.29) is 30.4 Å². The van der Waals surface area contributed by atoms with Crippen molar-refractivity contribution in [3.8, 4) is 0 Å². The first-order valence-corrected chi connectivity index (χ1v) is 15.5. The van der Waals surface area contributed by atoms with Gasteiger partial charge in [0, 0.05) is 25.8 Å². The number of ketones is 1. The Labute approximate surface area is 260 Å². The van der Waals surface area contributed by atoms with Crippen LogP contribution in [0, 0.1) is 0 Å². The molecule has 0 spiro atoms. The fourth-order valence-electron chi connectivity index (χ4n) is 4.84. The van der Waals surface area contributed by atoms with E-state index in [1.807, 2.05) is 60.7 Å². The number of rotatable bonds is 22. The minimum Gasteiger partial charge on any atom is -0.480 e. The highest BCUT2D eigenvalue weighted by Crippen LogP contribution is 2.09. The van der Waals surface area contributed by atoms with Gasteiger partial charge >= 0.3 is 5.97 Å². The van der Waals surface area contributed by atoms with Gasteiger partial charge in [-0.15, -0.1) is 0 Å². The Morgan fingerprint density at radius 2 is 1.18 bits per heavy atom. The number of carbonyl (C=O) groups is 5. The van der Waals surface area contributed by atoms with Gasteiger partial charge < -0.3 is 31.2 Å². The maximum absolute atomic E-state index is 13.4. The number of aliphatic carboxylic acids is 1. The number of amides is 3. The molecule has 2 aromatic rings. The summed E-state index contributed by atoms with van der Waals surface area (Å²) in [7, 11) is 1.68. The Morgan fingerprint density at radius 3 is 1.73 bits per heavy atom. The number of Topliss-reactive ketones (excluding diaryl/α,β-unsaturated/α-hetero) is 1. The summed E-state index contributed by atoms with van der Waals surface area (Å²) in [5, 5.41) is 21.1. The summed E-state index contributed by atoms with van der Waals surface area (Å²) in [5.74, 6) is -1.95. The summed E-state index contributed by atoms with van der Waals surface area (Å²) in [4.78, 5) is 61.6. The molecule has 2 rings (SSSR count). The van der Waals surface area contributed by atoms with Crippen molar-refractivity contribution < 1.29 is 29.1 Å². The van der Waals surface area contributed by atoms with Crippen LogP contribution in [0.25, 0.3) is 0 Å². The maximum Gasteiger partial charge on any atom is 0.326 e. The first-order valence-electron chi connectivity index (χ1n) is 15.5. The zero-order valence-electron chi connectivity index (χ0n) is 26.0. The molecular weight excluding hydrogens is 560 g/mol. The molecule has 0 aliphatic heterocycles. The van der Waals surface area contributed by atoms with E-state index in [0.29, 0.717) is 38.6 Å². The summed E-state index contributed by atoms with van der Waals surface area (Å²) < 4.78 is 0. The number of nitrogens with one attached hydrogen (secondary N) is 4. The number of hydrogen-bond donors (Lipinski definition) is 5. The van der Waals surface area contributed by atoms with Crippen molar-refractivity contribution in [1.29, 1.82) is 0 Å². The molecule has 44 heavy (non-hydrogen) atoms. The minimum atomic E-state index is -1.16. The van der Waals surface area contributed by atoms with Crippen molar-refractivity contribution in [3.05, 3.63) is 71.8 Å². The molecule has 3 amide bonds. The lowest BCUT2D eigenvalue weighted by atomic mass is 10.0. The van der Waals surface area contributed by atoms with Crippen LogP contribution >= 0.6 is 0 Å². The minimum absolute atomic E-state index is 0.0497. The van der Waals surface area contributed by atoms with E-state index in [9.17, 15) is 29.1 Å². The molecule has 2 aromatic carbocycles. The number of carbonyl (C=O) groups excluding carboxylic acids is 4. The Kier molecular flexibility index (Phi) is 17.1. The van der Waals surface area contributed by atoms with Crippen LogP contribution in [0.4, 0.5) is 0 Å². The van der Waals surface area contributed by atoms with Crippen LogP contribution in [0.3, 0.4) is 0 Å². The third-order valence-electron chi connectivity index (χ3n) is 7.40. The predicted molar refractivity (Wildman–Crippen MR) is 170 cm³/mol. The molecule has 0 heterocycles. The molecule has 0 aliphatic carbocycles. The fraction of sp³-hybridized carbons (Fsp3) is 0.500. The van der Waals surface area contributed by atoms with Gasteiger partial charge in [0.25, 0.3) is 0 Å². The van der Waals surface area contributed by atoms with E-state index in [0.717, 1.165) is 36.8 Å². The fourth-order valence-corrected chi connectivity index (χ4v) is 4.84. The standard InChI is InChI=1S/C34H48N4O6/c1-25(39)15-7-3-4-12-21-31(40)36-22-14-13-20-28(34(43)44)37-33(42)30(24-27-18-10-6-11-19-27)38-32(41)29(35-2)23-26-16-8-5-9-17-26/h5-6,8-11,16-19,28-30,35H,3-4,7,12-15,20-24H2,1-2H3,(H,36,40)(H,37,42)(H,38,41)(H,43,44). The smallest absolute Gasteiger partial charge is 0.326 e. The number of benzene rings is 2. The number of carboxylic acid groups (broad SMARTS) is 1. The average Bonchev–Trinajstić information content (AvgIpc) is 3.01. The molecule has 3 atom stereocenters. The van der Waals surface area contributed by atoms with Gasteiger partial charge in [-0.2, -0.15) is 0 Å². The molecule has 10 nitrogen and oxygen atoms in total. The second-order valence-corrected chi connectivity index (χ2v) is 11.1. The van der Waals surface area contributed by atoms with E-state index in [4.69, 9.17) is 0 Å². The van der Waals surface area contributed by atoms with Crippen molar-refractivity contribution in [1.82, 2.24) is 21.3 Å². The van der Waals surface area contributed by atoms with Gasteiger partial charge in [-0.1, -0.05) is 73.5 Å². The first-order chi connectivity index (χ1) is 21.2. The quantitative estimate of drug-likeness (QED) is 0.129.